The van der Waals surface area contributed by atoms with Gasteiger partial charge in [-0.25, -0.2) is 15.0 Å². The standard InChI is InChI=1S/C29H33N3O.C29H32N2O.2C18H19N3O/c1-17(2)22-9-8-10-23(18(3)4)27(22)32-16-15-31(21(32)7)26-19(5)11-13-24-25-14-12-20(6)30-29(25)33-28(24)26;1-18(2)22-11-9-12-23(19(3)4)28(22)31-17-16-30(21(31)6)27-20(5)14-15-25-24-10-7-8-13-26(24)32-29(25)27;2*1-11-5-7-14-15-8-6-12(2)19-18(15)22-17(14)16(11)21-10-9-20(4)13(21)3/h8-18,21H,1-7H3;7-19,21H,1-6H3;2*5-10,13H,1-4H3/t2*21-;2*13-/m1100/s1/i;;4D3;. The fourth-order valence-electron chi connectivity index (χ4n) is 16.2. The van der Waals surface area contributed by atoms with E-state index in [2.05, 4.69) is 289 Å². The molecule has 0 amide bonds. The van der Waals surface area contributed by atoms with Gasteiger partial charge in [0.15, 0.2) is 22.3 Å². The van der Waals surface area contributed by atoms with Crippen LogP contribution in [0.3, 0.4) is 0 Å². The molecule has 0 unspecified atom stereocenters. The minimum absolute atomic E-state index is 0.120. The van der Waals surface area contributed by atoms with E-state index >= 15 is 0 Å². The number of hydrogen-bond acceptors (Lipinski definition) is 15. The van der Waals surface area contributed by atoms with Crippen molar-refractivity contribution in [2.24, 2.45) is 0 Å². The average molecular weight is 1450 g/mol. The third-order valence-electron chi connectivity index (χ3n) is 22.5. The summed E-state index contributed by atoms with van der Waals surface area (Å²) >= 11 is 0. The third-order valence-corrected chi connectivity index (χ3v) is 22.5. The van der Waals surface area contributed by atoms with Crippen LogP contribution in [0.25, 0.3) is 88.1 Å². The molecule has 4 atom stereocenters. The molecular formula is C94H103N11O4. The number of benzene rings is 7. The van der Waals surface area contributed by atoms with E-state index in [1.54, 1.807) is 12.4 Å². The van der Waals surface area contributed by atoms with E-state index < -0.39 is 6.98 Å². The number of furan rings is 4. The molecule has 4 aliphatic rings. The Morgan fingerprint density at radius 3 is 0.899 bits per heavy atom. The summed E-state index contributed by atoms with van der Waals surface area (Å²) in [6, 6.07) is 51.2. The van der Waals surface area contributed by atoms with Gasteiger partial charge in [0.05, 0.1) is 22.7 Å². The van der Waals surface area contributed by atoms with Crippen molar-refractivity contribution in [1.29, 1.82) is 0 Å². The van der Waals surface area contributed by atoms with E-state index in [9.17, 15) is 0 Å². The molecule has 14 aromatic rings. The smallest absolute Gasteiger partial charge is 0.227 e. The summed E-state index contributed by atoms with van der Waals surface area (Å²) in [6.45, 7) is 39.0. The summed E-state index contributed by atoms with van der Waals surface area (Å²) in [5.41, 5.74) is 26.5. The first-order valence-corrected chi connectivity index (χ1v) is 38.5. The maximum absolute atomic E-state index is 7.69. The first kappa shape index (κ1) is 69.3. The third kappa shape index (κ3) is 12.9. The highest BCUT2D eigenvalue weighted by atomic mass is 16.4. The molecule has 0 radical (unpaired) electrons. The highest BCUT2D eigenvalue weighted by molar-refractivity contribution is 6.12. The zero-order chi connectivity index (χ0) is 79.4. The molecule has 558 valence electrons. The first-order valence-electron chi connectivity index (χ1n) is 40.0. The molecule has 0 saturated heterocycles. The minimum Gasteiger partial charge on any atom is -0.454 e. The SMILES string of the molecule is Cc1ccc2c(n1)oc1c(N3C=CN(C)[C@@H]3C)c(C)ccc12.Cc1ccc2c(n1)oc1c(N3C=CN(c4c(C(C)C)cccc4C(C)C)[C@@H]3C)c(C)ccc12.Cc1ccc2c(oc3ccccc32)c1N1C=CN(c2c(C(C)C)cccc2C(C)C)[C@@H]1C.[2H]C([2H])([2H])N1C=CN(c2c(C)ccc3c2oc2nc(C)ccc23)[C@H]1C. The van der Waals surface area contributed by atoms with Crippen molar-refractivity contribution in [1.82, 2.24) is 24.8 Å². The summed E-state index contributed by atoms with van der Waals surface area (Å²) in [7, 11) is 2.08. The lowest BCUT2D eigenvalue weighted by atomic mass is 9.92. The van der Waals surface area contributed by atoms with Crippen LogP contribution in [0.4, 0.5) is 34.1 Å². The van der Waals surface area contributed by atoms with Gasteiger partial charge in [0, 0.05) is 139 Å². The summed E-state index contributed by atoms with van der Waals surface area (Å²) < 4.78 is 48.0. The Labute approximate surface area is 645 Å². The van der Waals surface area contributed by atoms with Crippen LogP contribution in [0.2, 0.25) is 0 Å². The Bertz CT molecular complexity index is 6040. The Morgan fingerprint density at radius 1 is 0.294 bits per heavy atom. The van der Waals surface area contributed by atoms with E-state index in [1.165, 1.54) is 66.0 Å². The molecule has 18 rings (SSSR count). The molecule has 4 aliphatic heterocycles. The van der Waals surface area contributed by atoms with Gasteiger partial charge in [0.2, 0.25) is 17.1 Å². The lowest BCUT2D eigenvalue weighted by molar-refractivity contribution is 0.383. The summed E-state index contributed by atoms with van der Waals surface area (Å²) in [6.07, 6.45) is 16.7. The van der Waals surface area contributed by atoms with Gasteiger partial charge >= 0.3 is 0 Å². The van der Waals surface area contributed by atoms with Crippen molar-refractivity contribution in [3.63, 3.8) is 0 Å². The van der Waals surface area contributed by atoms with E-state index in [1.807, 2.05) is 82.0 Å². The molecule has 0 bridgehead atoms. The van der Waals surface area contributed by atoms with Gasteiger partial charge in [-0.3, -0.25) is 0 Å². The number of rotatable bonds is 10. The molecule has 7 aromatic heterocycles. The number of nitrogens with zero attached hydrogens (tertiary/aromatic N) is 11. The molecule has 15 nitrogen and oxygen atoms in total. The van der Waals surface area contributed by atoms with Crippen LogP contribution in [-0.4, -0.2) is 63.4 Å². The quantitative estimate of drug-likeness (QED) is 0.129. The van der Waals surface area contributed by atoms with Crippen LogP contribution in [0.15, 0.2) is 213 Å². The van der Waals surface area contributed by atoms with Gasteiger partial charge in [-0.2, -0.15) is 0 Å². The van der Waals surface area contributed by atoms with E-state index in [-0.39, 0.29) is 24.7 Å². The molecule has 0 spiro atoms. The molecule has 7 aromatic carbocycles. The number of hydrogen-bond donors (Lipinski definition) is 0. The Hall–Kier alpha value is -11.5. The van der Waals surface area contributed by atoms with Crippen molar-refractivity contribution >= 4 is 122 Å². The number of anilines is 6. The van der Waals surface area contributed by atoms with Gasteiger partial charge in [-0.15, -0.1) is 0 Å². The van der Waals surface area contributed by atoms with Crippen LogP contribution in [-0.2, 0) is 0 Å². The second kappa shape index (κ2) is 28.9. The summed E-state index contributed by atoms with van der Waals surface area (Å²) in [5, 5.41) is 8.67. The van der Waals surface area contributed by atoms with Gasteiger partial charge in [0.25, 0.3) is 0 Å². The van der Waals surface area contributed by atoms with Gasteiger partial charge in [0.1, 0.15) is 30.2 Å². The topological polar surface area (TPSA) is 117 Å². The van der Waals surface area contributed by atoms with E-state index in [0.29, 0.717) is 40.8 Å². The molecule has 11 heterocycles. The van der Waals surface area contributed by atoms with Gasteiger partial charge < -0.3 is 56.9 Å². The van der Waals surface area contributed by atoms with Crippen LogP contribution in [0.1, 0.15) is 172 Å². The zero-order valence-electron chi connectivity index (χ0n) is 69.6. The molecule has 0 aliphatic carbocycles. The molecule has 0 saturated carbocycles. The number of fused-ring (bicyclic) bond motifs is 12. The number of pyridine rings is 3. The van der Waals surface area contributed by atoms with Gasteiger partial charge in [-0.1, -0.05) is 159 Å². The normalized spacial score (nSPS) is 17.6. The highest BCUT2D eigenvalue weighted by Gasteiger charge is 2.35. The number of aryl methyl sites for hydroxylation is 7. The van der Waals surface area contributed by atoms with E-state index in [0.717, 1.165) is 106 Å². The van der Waals surface area contributed by atoms with Gasteiger partial charge in [-0.05, 0) is 187 Å². The largest absolute Gasteiger partial charge is 0.454 e. The average Bonchev–Trinajstić information content (AvgIpc) is 1.61. The predicted molar refractivity (Wildman–Crippen MR) is 455 cm³/mol. The summed E-state index contributed by atoms with van der Waals surface area (Å²) in [5.74, 6) is 1.81. The van der Waals surface area contributed by atoms with Crippen LogP contribution >= 0.6 is 0 Å². The van der Waals surface area contributed by atoms with Crippen LogP contribution < -0.4 is 29.4 Å². The lowest BCUT2D eigenvalue weighted by Crippen LogP contribution is -2.37. The maximum Gasteiger partial charge on any atom is 0.227 e. The van der Waals surface area contributed by atoms with Crippen molar-refractivity contribution < 1.29 is 21.8 Å². The van der Waals surface area contributed by atoms with Crippen molar-refractivity contribution in [3.05, 3.63) is 257 Å². The Morgan fingerprint density at radius 2 is 0.578 bits per heavy atom. The van der Waals surface area contributed by atoms with Crippen molar-refractivity contribution in [2.75, 3.05) is 43.4 Å². The van der Waals surface area contributed by atoms with E-state index in [4.69, 9.17) is 21.8 Å². The zero-order valence-corrected chi connectivity index (χ0v) is 66.6. The Kier molecular flexibility index (Phi) is 18.4. The minimum atomic E-state index is -2.18. The fraction of sp³-hybridized carbons (Fsp3) is 0.309. The lowest BCUT2D eigenvalue weighted by Gasteiger charge is -2.34. The monoisotopic (exact) mass is 1450 g/mol. The van der Waals surface area contributed by atoms with Crippen molar-refractivity contribution in [2.45, 2.75) is 180 Å². The number of para-hydroxylation sites is 3. The Balaban J connectivity index is 0.000000120. The van der Waals surface area contributed by atoms with Crippen LogP contribution in [0.5, 0.6) is 0 Å². The molecule has 15 heteroatoms. The maximum atomic E-state index is 7.69. The highest BCUT2D eigenvalue weighted by Crippen LogP contribution is 2.48. The fourth-order valence-corrected chi connectivity index (χ4v) is 16.2. The van der Waals surface area contributed by atoms with Crippen LogP contribution in [0, 0.1) is 48.5 Å². The molecular weight excluding hydrogens is 1350 g/mol. The summed E-state index contributed by atoms with van der Waals surface area (Å²) in [4.78, 5) is 31.0. The number of aromatic nitrogens is 3. The second-order valence-corrected chi connectivity index (χ2v) is 31.2. The molecule has 109 heavy (non-hydrogen) atoms. The molecule has 0 fully saturated rings. The molecule has 0 N–H and O–H groups in total. The second-order valence-electron chi connectivity index (χ2n) is 31.2. The predicted octanol–water partition coefficient (Wildman–Crippen LogP) is 24.6. The van der Waals surface area contributed by atoms with Crippen molar-refractivity contribution in [3.8, 4) is 0 Å². The first-order chi connectivity index (χ1) is 53.5.